The average molecular weight is 290 g/mol. The summed E-state index contributed by atoms with van der Waals surface area (Å²) in [5.41, 5.74) is 0.592. The first-order valence-electron chi connectivity index (χ1n) is 7.15. The van der Waals surface area contributed by atoms with E-state index in [-0.39, 0.29) is 18.6 Å². The molecule has 2 amide bonds. The summed E-state index contributed by atoms with van der Waals surface area (Å²) in [7, 11) is 0. The molecule has 112 valence electrons. The van der Waals surface area contributed by atoms with Gasteiger partial charge in [-0.3, -0.25) is 9.59 Å². The Morgan fingerprint density at radius 2 is 1.71 bits per heavy atom. The molecule has 3 rings (SSSR count). The van der Waals surface area contributed by atoms with Crippen molar-refractivity contribution in [3.8, 4) is 11.5 Å². The first kappa shape index (κ1) is 13.7. The van der Waals surface area contributed by atoms with Gasteiger partial charge in [-0.15, -0.1) is 0 Å². The lowest BCUT2D eigenvalue weighted by Gasteiger charge is -2.34. The first-order valence-corrected chi connectivity index (χ1v) is 7.15. The van der Waals surface area contributed by atoms with Gasteiger partial charge >= 0.3 is 0 Å². The highest BCUT2D eigenvalue weighted by atomic mass is 16.7. The van der Waals surface area contributed by atoms with Gasteiger partial charge in [0, 0.05) is 38.2 Å². The van der Waals surface area contributed by atoms with Crippen LogP contribution in [0.3, 0.4) is 0 Å². The van der Waals surface area contributed by atoms with Crippen molar-refractivity contribution in [3.63, 3.8) is 0 Å². The van der Waals surface area contributed by atoms with E-state index in [0.29, 0.717) is 49.7 Å². The van der Waals surface area contributed by atoms with E-state index in [0.717, 1.165) is 0 Å². The molecule has 0 N–H and O–H groups in total. The van der Waals surface area contributed by atoms with Gasteiger partial charge < -0.3 is 19.3 Å². The fourth-order valence-corrected chi connectivity index (χ4v) is 2.59. The standard InChI is InChI=1S/C15H18N2O4/c1-2-14(18)16-5-7-17(8-6-16)15(19)11-3-4-12-13(9-11)21-10-20-12/h3-4,9H,2,5-8,10H2,1H3. The topological polar surface area (TPSA) is 59.1 Å². The quantitative estimate of drug-likeness (QED) is 0.818. The van der Waals surface area contributed by atoms with Crippen LogP contribution in [0.15, 0.2) is 18.2 Å². The van der Waals surface area contributed by atoms with E-state index in [9.17, 15) is 9.59 Å². The van der Waals surface area contributed by atoms with Gasteiger partial charge in [-0.1, -0.05) is 6.92 Å². The van der Waals surface area contributed by atoms with Crippen LogP contribution in [-0.4, -0.2) is 54.6 Å². The molecule has 21 heavy (non-hydrogen) atoms. The van der Waals surface area contributed by atoms with Crippen molar-refractivity contribution in [2.75, 3.05) is 33.0 Å². The Kier molecular flexibility index (Phi) is 3.68. The van der Waals surface area contributed by atoms with Gasteiger partial charge in [0.2, 0.25) is 12.7 Å². The van der Waals surface area contributed by atoms with E-state index in [2.05, 4.69) is 0 Å². The molecule has 0 aromatic heterocycles. The molecule has 0 aliphatic carbocycles. The maximum atomic E-state index is 12.5. The van der Waals surface area contributed by atoms with Crippen LogP contribution in [0.4, 0.5) is 0 Å². The second-order valence-corrected chi connectivity index (χ2v) is 5.09. The number of benzene rings is 1. The van der Waals surface area contributed by atoms with Gasteiger partial charge in [0.15, 0.2) is 11.5 Å². The monoisotopic (exact) mass is 290 g/mol. The smallest absolute Gasteiger partial charge is 0.254 e. The number of nitrogens with zero attached hydrogens (tertiary/aromatic N) is 2. The molecule has 2 aliphatic heterocycles. The molecule has 1 aromatic rings. The Hall–Kier alpha value is -2.24. The minimum Gasteiger partial charge on any atom is -0.454 e. The molecule has 0 bridgehead atoms. The first-order chi connectivity index (χ1) is 10.2. The highest BCUT2D eigenvalue weighted by Crippen LogP contribution is 2.32. The van der Waals surface area contributed by atoms with E-state index in [4.69, 9.17) is 9.47 Å². The molecule has 1 fully saturated rings. The third kappa shape index (κ3) is 2.66. The lowest BCUT2D eigenvalue weighted by Crippen LogP contribution is -2.50. The number of carbonyl (C=O) groups excluding carboxylic acids is 2. The summed E-state index contributed by atoms with van der Waals surface area (Å²) in [4.78, 5) is 27.7. The molecule has 0 spiro atoms. The molecule has 0 radical (unpaired) electrons. The van der Waals surface area contributed by atoms with E-state index < -0.39 is 0 Å². The number of hydrogen-bond acceptors (Lipinski definition) is 4. The van der Waals surface area contributed by atoms with Crippen molar-refractivity contribution in [1.82, 2.24) is 9.80 Å². The molecular formula is C15H18N2O4. The van der Waals surface area contributed by atoms with Crippen LogP contribution in [0.25, 0.3) is 0 Å². The van der Waals surface area contributed by atoms with Gasteiger partial charge in [-0.2, -0.15) is 0 Å². The summed E-state index contributed by atoms with van der Waals surface area (Å²) >= 11 is 0. The maximum absolute atomic E-state index is 12.5. The van der Waals surface area contributed by atoms with E-state index in [1.165, 1.54) is 0 Å². The van der Waals surface area contributed by atoms with Crippen molar-refractivity contribution in [2.24, 2.45) is 0 Å². The molecule has 0 atom stereocenters. The van der Waals surface area contributed by atoms with Crippen LogP contribution < -0.4 is 9.47 Å². The molecular weight excluding hydrogens is 272 g/mol. The average Bonchev–Trinajstić information content (AvgIpc) is 3.01. The Morgan fingerprint density at radius 3 is 2.43 bits per heavy atom. The van der Waals surface area contributed by atoms with Crippen LogP contribution in [0.2, 0.25) is 0 Å². The van der Waals surface area contributed by atoms with Gasteiger partial charge in [0.25, 0.3) is 5.91 Å². The lowest BCUT2D eigenvalue weighted by molar-refractivity contribution is -0.132. The van der Waals surface area contributed by atoms with Crippen molar-refractivity contribution < 1.29 is 19.1 Å². The summed E-state index contributed by atoms with van der Waals surface area (Å²) in [6.07, 6.45) is 0.510. The van der Waals surface area contributed by atoms with Crippen molar-refractivity contribution in [3.05, 3.63) is 23.8 Å². The van der Waals surface area contributed by atoms with Gasteiger partial charge in [-0.05, 0) is 18.2 Å². The predicted octanol–water partition coefficient (Wildman–Crippen LogP) is 1.11. The minimum absolute atomic E-state index is 0.0307. The molecule has 2 aliphatic rings. The van der Waals surface area contributed by atoms with Crippen LogP contribution in [0.1, 0.15) is 23.7 Å². The largest absolute Gasteiger partial charge is 0.454 e. The second-order valence-electron chi connectivity index (χ2n) is 5.09. The zero-order valence-corrected chi connectivity index (χ0v) is 12.0. The Labute approximate surface area is 123 Å². The van der Waals surface area contributed by atoms with Crippen LogP contribution in [0.5, 0.6) is 11.5 Å². The fraction of sp³-hybridized carbons (Fsp3) is 0.467. The third-order valence-electron chi connectivity index (χ3n) is 3.84. The van der Waals surface area contributed by atoms with E-state index in [1.54, 1.807) is 23.1 Å². The number of fused-ring (bicyclic) bond motifs is 1. The van der Waals surface area contributed by atoms with E-state index in [1.807, 2.05) is 11.8 Å². The maximum Gasteiger partial charge on any atom is 0.254 e. The van der Waals surface area contributed by atoms with Crippen LogP contribution in [-0.2, 0) is 4.79 Å². The number of piperazine rings is 1. The highest BCUT2D eigenvalue weighted by molar-refractivity contribution is 5.95. The van der Waals surface area contributed by atoms with Gasteiger partial charge in [0.05, 0.1) is 0 Å². The molecule has 0 saturated carbocycles. The summed E-state index contributed by atoms with van der Waals surface area (Å²) < 4.78 is 10.5. The highest BCUT2D eigenvalue weighted by Gasteiger charge is 2.25. The molecule has 6 nitrogen and oxygen atoms in total. The Bertz CT molecular complexity index is 565. The zero-order chi connectivity index (χ0) is 14.8. The molecule has 1 saturated heterocycles. The summed E-state index contributed by atoms with van der Waals surface area (Å²) in [5.74, 6) is 1.40. The Balaban J connectivity index is 1.65. The zero-order valence-electron chi connectivity index (χ0n) is 12.0. The summed E-state index contributed by atoms with van der Waals surface area (Å²) in [6, 6.07) is 5.22. The normalized spacial score (nSPS) is 17.0. The van der Waals surface area contributed by atoms with Crippen LogP contribution >= 0.6 is 0 Å². The molecule has 6 heteroatoms. The number of hydrogen-bond donors (Lipinski definition) is 0. The van der Waals surface area contributed by atoms with Gasteiger partial charge in [0.1, 0.15) is 0 Å². The summed E-state index contributed by atoms with van der Waals surface area (Å²) in [5, 5.41) is 0. The van der Waals surface area contributed by atoms with Crippen LogP contribution in [0, 0.1) is 0 Å². The SMILES string of the molecule is CCC(=O)N1CCN(C(=O)c2ccc3c(c2)OCO3)CC1. The Morgan fingerprint density at radius 1 is 1.05 bits per heavy atom. The minimum atomic E-state index is -0.0307. The van der Waals surface area contributed by atoms with E-state index >= 15 is 0 Å². The number of rotatable bonds is 2. The van der Waals surface area contributed by atoms with Crippen molar-refractivity contribution >= 4 is 11.8 Å². The number of carbonyl (C=O) groups is 2. The fourth-order valence-electron chi connectivity index (χ4n) is 2.59. The second kappa shape index (κ2) is 5.63. The lowest BCUT2D eigenvalue weighted by atomic mass is 10.1. The van der Waals surface area contributed by atoms with Gasteiger partial charge in [-0.25, -0.2) is 0 Å². The molecule has 2 heterocycles. The molecule has 0 unspecified atom stereocenters. The van der Waals surface area contributed by atoms with Crippen molar-refractivity contribution in [2.45, 2.75) is 13.3 Å². The predicted molar refractivity (Wildman–Crippen MR) is 75.3 cm³/mol. The number of ether oxygens (including phenoxy) is 2. The third-order valence-corrected chi connectivity index (χ3v) is 3.84. The molecule has 1 aromatic carbocycles. The summed E-state index contributed by atoms with van der Waals surface area (Å²) in [6.45, 7) is 4.39. The van der Waals surface area contributed by atoms with Crippen molar-refractivity contribution in [1.29, 1.82) is 0 Å². The number of amides is 2.